The first-order valence-electron chi connectivity index (χ1n) is 8.17. The van der Waals surface area contributed by atoms with Gasteiger partial charge in [0, 0.05) is 16.8 Å². The van der Waals surface area contributed by atoms with Gasteiger partial charge in [-0.1, -0.05) is 29.3 Å². The van der Waals surface area contributed by atoms with Crippen LogP contribution in [-0.2, 0) is 14.3 Å². The lowest BCUT2D eigenvalue weighted by molar-refractivity contribution is -0.142. The van der Waals surface area contributed by atoms with E-state index in [0.717, 1.165) is 5.56 Å². The Balaban J connectivity index is 1.94. The van der Waals surface area contributed by atoms with Gasteiger partial charge in [0.25, 0.3) is 5.91 Å². The third-order valence-electron chi connectivity index (χ3n) is 3.76. The number of nitrogens with one attached hydrogen (secondary N) is 1. The van der Waals surface area contributed by atoms with Crippen molar-refractivity contribution in [2.45, 2.75) is 6.92 Å². The highest BCUT2D eigenvalue weighted by atomic mass is 35.5. The van der Waals surface area contributed by atoms with Gasteiger partial charge in [-0.05, 0) is 48.4 Å². The van der Waals surface area contributed by atoms with Crippen LogP contribution in [-0.4, -0.2) is 32.7 Å². The fourth-order valence-corrected chi connectivity index (χ4v) is 2.78. The number of carbonyl (C=O) groups is 2. The predicted octanol–water partition coefficient (Wildman–Crippen LogP) is 4.51. The second kappa shape index (κ2) is 10.0. The lowest BCUT2D eigenvalue weighted by Gasteiger charge is -2.10. The summed E-state index contributed by atoms with van der Waals surface area (Å²) in [5.41, 5.74) is 1.90. The Labute approximate surface area is 173 Å². The zero-order valence-corrected chi connectivity index (χ0v) is 17.1. The number of benzene rings is 2. The number of carbonyl (C=O) groups excluding carboxylic acids is 2. The van der Waals surface area contributed by atoms with Crippen LogP contribution in [0.25, 0.3) is 6.08 Å². The quantitative estimate of drug-likeness (QED) is 0.523. The molecule has 1 N–H and O–H groups in total. The summed E-state index contributed by atoms with van der Waals surface area (Å²) in [6, 6.07) is 8.41. The van der Waals surface area contributed by atoms with E-state index >= 15 is 0 Å². The highest BCUT2D eigenvalue weighted by Crippen LogP contribution is 2.36. The van der Waals surface area contributed by atoms with E-state index in [1.54, 1.807) is 37.3 Å². The van der Waals surface area contributed by atoms with Gasteiger partial charge in [0.15, 0.2) is 18.1 Å². The maximum atomic E-state index is 11.9. The largest absolute Gasteiger partial charge is 0.493 e. The Morgan fingerprint density at radius 2 is 1.86 bits per heavy atom. The van der Waals surface area contributed by atoms with Crippen molar-refractivity contribution >= 4 is 46.8 Å². The normalized spacial score (nSPS) is 10.6. The number of amides is 1. The van der Waals surface area contributed by atoms with Crippen LogP contribution >= 0.6 is 23.2 Å². The standard InChI is InChI=1S/C20H19Cl2NO5/c1-12-14(21)5-4-6-16(12)23-18(24)11-28-19(25)8-7-13-9-15(22)20(27-3)17(10-13)26-2/h4-10H,11H2,1-3H3,(H,23,24)/b8-7+. The summed E-state index contributed by atoms with van der Waals surface area (Å²) in [4.78, 5) is 23.8. The predicted molar refractivity (Wildman–Crippen MR) is 109 cm³/mol. The molecular weight excluding hydrogens is 405 g/mol. The zero-order chi connectivity index (χ0) is 20.7. The van der Waals surface area contributed by atoms with E-state index in [4.69, 9.17) is 37.4 Å². The van der Waals surface area contributed by atoms with Gasteiger partial charge in [-0.15, -0.1) is 0 Å². The first kappa shape index (κ1) is 21.6. The number of anilines is 1. The molecule has 0 unspecified atom stereocenters. The number of halogens is 2. The first-order valence-corrected chi connectivity index (χ1v) is 8.92. The van der Waals surface area contributed by atoms with Gasteiger partial charge in [-0.2, -0.15) is 0 Å². The van der Waals surface area contributed by atoms with E-state index < -0.39 is 18.5 Å². The number of ether oxygens (including phenoxy) is 3. The van der Waals surface area contributed by atoms with Crippen LogP contribution in [0, 0.1) is 6.92 Å². The summed E-state index contributed by atoms with van der Waals surface area (Å²) in [7, 11) is 2.96. The van der Waals surface area contributed by atoms with Crippen LogP contribution in [0.2, 0.25) is 10.0 Å². The Kier molecular flexibility index (Phi) is 7.72. The van der Waals surface area contributed by atoms with Crippen LogP contribution in [0.3, 0.4) is 0 Å². The molecule has 148 valence electrons. The van der Waals surface area contributed by atoms with Gasteiger partial charge >= 0.3 is 5.97 Å². The van der Waals surface area contributed by atoms with Crippen molar-refractivity contribution in [2.75, 3.05) is 26.1 Å². The monoisotopic (exact) mass is 423 g/mol. The molecule has 1 amide bonds. The van der Waals surface area contributed by atoms with Gasteiger partial charge in [0.2, 0.25) is 0 Å². The van der Waals surface area contributed by atoms with Gasteiger partial charge in [-0.3, -0.25) is 4.79 Å². The third-order valence-corrected chi connectivity index (χ3v) is 4.45. The van der Waals surface area contributed by atoms with Crippen LogP contribution in [0.4, 0.5) is 5.69 Å². The number of hydrogen-bond acceptors (Lipinski definition) is 5. The molecule has 2 rings (SSSR count). The minimum Gasteiger partial charge on any atom is -0.493 e. The van der Waals surface area contributed by atoms with Gasteiger partial charge in [0.1, 0.15) is 0 Å². The SMILES string of the molecule is COc1cc(/C=C/C(=O)OCC(=O)Nc2cccc(Cl)c2C)cc(Cl)c1OC. The van der Waals surface area contributed by atoms with Crippen LogP contribution in [0.5, 0.6) is 11.5 Å². The fraction of sp³-hybridized carbons (Fsp3) is 0.200. The minimum atomic E-state index is -0.677. The van der Waals surface area contributed by atoms with Gasteiger partial charge in [-0.25, -0.2) is 4.79 Å². The molecule has 0 saturated carbocycles. The molecule has 0 spiro atoms. The summed E-state index contributed by atoms with van der Waals surface area (Å²) >= 11 is 12.1. The van der Waals surface area contributed by atoms with E-state index in [2.05, 4.69) is 5.32 Å². The van der Waals surface area contributed by atoms with Crippen molar-refractivity contribution in [3.05, 3.63) is 57.6 Å². The van der Waals surface area contributed by atoms with E-state index in [0.29, 0.717) is 32.8 Å². The molecular formula is C20H19Cl2NO5. The summed E-state index contributed by atoms with van der Waals surface area (Å²) < 4.78 is 15.3. The van der Waals surface area contributed by atoms with Crippen LogP contribution in [0.1, 0.15) is 11.1 Å². The van der Waals surface area contributed by atoms with Crippen molar-refractivity contribution in [1.82, 2.24) is 0 Å². The van der Waals surface area contributed by atoms with Crippen molar-refractivity contribution in [1.29, 1.82) is 0 Å². The topological polar surface area (TPSA) is 73.9 Å². The number of methoxy groups -OCH3 is 2. The molecule has 0 aliphatic carbocycles. The molecule has 6 nitrogen and oxygen atoms in total. The molecule has 28 heavy (non-hydrogen) atoms. The Morgan fingerprint density at radius 3 is 2.54 bits per heavy atom. The molecule has 0 fully saturated rings. The number of rotatable bonds is 7. The van der Waals surface area contributed by atoms with Gasteiger partial charge in [0.05, 0.1) is 19.2 Å². The molecule has 0 radical (unpaired) electrons. The fourth-order valence-electron chi connectivity index (χ4n) is 2.31. The van der Waals surface area contributed by atoms with E-state index in [1.165, 1.54) is 26.4 Å². The Bertz CT molecular complexity index is 912. The Morgan fingerprint density at radius 1 is 1.11 bits per heavy atom. The van der Waals surface area contributed by atoms with Crippen molar-refractivity contribution in [3.63, 3.8) is 0 Å². The molecule has 2 aromatic carbocycles. The van der Waals surface area contributed by atoms with E-state index in [-0.39, 0.29) is 0 Å². The van der Waals surface area contributed by atoms with Crippen molar-refractivity contribution < 1.29 is 23.8 Å². The van der Waals surface area contributed by atoms with Gasteiger partial charge < -0.3 is 19.5 Å². The maximum Gasteiger partial charge on any atom is 0.331 e. The molecule has 0 atom stereocenters. The van der Waals surface area contributed by atoms with Crippen LogP contribution < -0.4 is 14.8 Å². The summed E-state index contributed by atoms with van der Waals surface area (Å²) in [5.74, 6) is -0.318. The molecule has 0 aromatic heterocycles. The molecule has 0 bridgehead atoms. The van der Waals surface area contributed by atoms with E-state index in [1.807, 2.05) is 0 Å². The smallest absolute Gasteiger partial charge is 0.331 e. The van der Waals surface area contributed by atoms with Crippen molar-refractivity contribution in [2.24, 2.45) is 0 Å². The summed E-state index contributed by atoms with van der Waals surface area (Å²) in [6.45, 7) is 1.35. The summed E-state index contributed by atoms with van der Waals surface area (Å²) in [5, 5.41) is 3.52. The maximum absolute atomic E-state index is 11.9. The zero-order valence-electron chi connectivity index (χ0n) is 15.5. The number of esters is 1. The Hall–Kier alpha value is -2.70. The highest BCUT2D eigenvalue weighted by molar-refractivity contribution is 6.32. The average molecular weight is 424 g/mol. The molecule has 0 heterocycles. The second-order valence-corrected chi connectivity index (χ2v) is 6.45. The number of hydrogen-bond donors (Lipinski definition) is 1. The van der Waals surface area contributed by atoms with Crippen LogP contribution in [0.15, 0.2) is 36.4 Å². The molecule has 0 aliphatic rings. The molecule has 8 heteroatoms. The van der Waals surface area contributed by atoms with Crippen molar-refractivity contribution in [3.8, 4) is 11.5 Å². The third kappa shape index (κ3) is 5.65. The molecule has 0 aliphatic heterocycles. The minimum absolute atomic E-state index is 0.339. The first-order chi connectivity index (χ1) is 13.3. The second-order valence-electron chi connectivity index (χ2n) is 5.64. The molecule has 2 aromatic rings. The average Bonchev–Trinajstić information content (AvgIpc) is 2.67. The lowest BCUT2D eigenvalue weighted by Crippen LogP contribution is -2.20. The molecule has 0 saturated heterocycles. The highest BCUT2D eigenvalue weighted by Gasteiger charge is 2.11. The van der Waals surface area contributed by atoms with E-state index in [9.17, 15) is 9.59 Å². The summed E-state index contributed by atoms with van der Waals surface area (Å²) in [6.07, 6.45) is 2.69. The lowest BCUT2D eigenvalue weighted by atomic mass is 10.2.